The van der Waals surface area contributed by atoms with Gasteiger partial charge in [-0.05, 0) is 55.7 Å². The van der Waals surface area contributed by atoms with E-state index in [0.29, 0.717) is 23.4 Å². The average molecular weight is 463 g/mol. The van der Waals surface area contributed by atoms with Gasteiger partial charge in [0.1, 0.15) is 5.82 Å². The Balaban J connectivity index is 2.15. The summed E-state index contributed by atoms with van der Waals surface area (Å²) in [6.45, 7) is 1.54. The fraction of sp³-hybridized carbons (Fsp3) is 0.348. The minimum atomic E-state index is -3.39. The number of nitrogens with two attached hydrogens (primary N) is 1. The third-order valence-corrected chi connectivity index (χ3v) is 6.93. The summed E-state index contributed by atoms with van der Waals surface area (Å²) in [5.41, 5.74) is 7.11. The lowest BCUT2D eigenvalue weighted by Gasteiger charge is -2.41. The van der Waals surface area contributed by atoms with Gasteiger partial charge in [-0.15, -0.1) is 0 Å². The Morgan fingerprint density at radius 1 is 1.25 bits per heavy atom. The van der Waals surface area contributed by atoms with Crippen LogP contribution in [0.5, 0.6) is 0 Å². The van der Waals surface area contributed by atoms with Crippen molar-refractivity contribution in [3.8, 4) is 0 Å². The van der Waals surface area contributed by atoms with E-state index in [-0.39, 0.29) is 17.9 Å². The third-order valence-electron chi connectivity index (χ3n) is 5.80. The number of aliphatic carboxylic acids is 1. The maximum Gasteiger partial charge on any atom is 0.307 e. The summed E-state index contributed by atoms with van der Waals surface area (Å²) in [6, 6.07) is 12.0. The number of carboxylic acids is 1. The highest BCUT2D eigenvalue weighted by Crippen LogP contribution is 2.45. The minimum Gasteiger partial charge on any atom is -0.481 e. The van der Waals surface area contributed by atoms with Crippen LogP contribution in [0.15, 0.2) is 59.5 Å². The zero-order valence-corrected chi connectivity index (χ0v) is 18.7. The smallest absolute Gasteiger partial charge is 0.307 e. The van der Waals surface area contributed by atoms with Crippen molar-refractivity contribution < 1.29 is 27.8 Å². The first-order valence-corrected chi connectivity index (χ1v) is 12.1. The molecule has 9 heteroatoms. The van der Waals surface area contributed by atoms with Gasteiger partial charge in [0.15, 0.2) is 9.84 Å². The molecule has 1 unspecified atom stereocenters. The molecule has 0 aromatic heterocycles. The van der Waals surface area contributed by atoms with Crippen LogP contribution in [-0.2, 0) is 14.6 Å². The number of nitrogens with zero attached hydrogens (tertiary/aromatic N) is 1. The van der Waals surface area contributed by atoms with Crippen molar-refractivity contribution in [3.63, 3.8) is 0 Å². The predicted molar refractivity (Wildman–Crippen MR) is 120 cm³/mol. The zero-order chi connectivity index (χ0) is 23.7. The number of benzene rings is 2. The maximum absolute atomic E-state index is 14.1. The van der Waals surface area contributed by atoms with Gasteiger partial charge in [-0.3, -0.25) is 4.79 Å². The Bertz CT molecular complexity index is 1130. The molecule has 0 radical (unpaired) electrons. The predicted octanol–water partition coefficient (Wildman–Crippen LogP) is 2.85. The van der Waals surface area contributed by atoms with E-state index < -0.39 is 39.1 Å². The summed E-state index contributed by atoms with van der Waals surface area (Å²) in [6.07, 6.45) is 3.38. The summed E-state index contributed by atoms with van der Waals surface area (Å²) in [7, 11) is -3.39. The van der Waals surface area contributed by atoms with Crippen molar-refractivity contribution in [2.24, 2.45) is 17.6 Å². The van der Waals surface area contributed by atoms with E-state index in [4.69, 9.17) is 5.73 Å². The van der Waals surface area contributed by atoms with Crippen molar-refractivity contribution in [3.05, 3.63) is 66.0 Å². The first-order valence-electron chi connectivity index (χ1n) is 10.2. The first-order chi connectivity index (χ1) is 15.0. The largest absolute Gasteiger partial charge is 0.481 e. The number of carboxylic acid groups (broad SMARTS) is 1. The SMILES string of the molecule is C[C@@]1(N)C([C@@H](CCCO)C(=O)O)C=C(c2ccc(S(C)(=O)=O)cc2)N1c1cccc(F)c1. The summed E-state index contributed by atoms with van der Waals surface area (Å²) in [5, 5.41) is 19.1. The molecule has 0 fully saturated rings. The molecule has 7 nitrogen and oxygen atoms in total. The number of aliphatic hydroxyl groups is 1. The van der Waals surface area contributed by atoms with Crippen molar-refractivity contribution >= 4 is 27.2 Å². The van der Waals surface area contributed by atoms with Gasteiger partial charge in [-0.25, -0.2) is 12.8 Å². The van der Waals surface area contributed by atoms with Gasteiger partial charge < -0.3 is 20.8 Å². The lowest BCUT2D eigenvalue weighted by molar-refractivity contribution is -0.144. The second kappa shape index (κ2) is 9.01. The molecule has 172 valence electrons. The topological polar surface area (TPSA) is 121 Å². The average Bonchev–Trinajstić information content (AvgIpc) is 2.98. The Kier molecular flexibility index (Phi) is 6.73. The van der Waals surface area contributed by atoms with E-state index in [2.05, 4.69) is 0 Å². The van der Waals surface area contributed by atoms with Crippen LogP contribution in [0.1, 0.15) is 25.3 Å². The second-order valence-corrected chi connectivity index (χ2v) is 10.2. The fourth-order valence-corrected chi connectivity index (χ4v) is 4.87. The standard InChI is InChI=1S/C23H27FN2O5S/c1-23(25)20(19(22(28)29)7-4-12-27)14-21(26(23)17-6-3-5-16(24)13-17)15-8-10-18(11-9-15)32(2,30)31/h3,5-6,8-11,13-14,19-20,27H,4,7,12,25H2,1-2H3,(H,28,29)/t19-,20?,23+/m1/s1. The highest BCUT2D eigenvalue weighted by molar-refractivity contribution is 7.90. The van der Waals surface area contributed by atoms with E-state index in [9.17, 15) is 27.8 Å². The molecular formula is C23H27FN2O5S. The molecule has 2 aromatic carbocycles. The summed E-state index contributed by atoms with van der Waals surface area (Å²) < 4.78 is 37.7. The van der Waals surface area contributed by atoms with Crippen LogP contribution in [0.3, 0.4) is 0 Å². The van der Waals surface area contributed by atoms with Gasteiger partial charge >= 0.3 is 5.97 Å². The van der Waals surface area contributed by atoms with Crippen LogP contribution < -0.4 is 10.6 Å². The van der Waals surface area contributed by atoms with Crippen LogP contribution in [0.2, 0.25) is 0 Å². The fourth-order valence-electron chi connectivity index (χ4n) is 4.24. The number of carbonyl (C=O) groups is 1. The molecule has 2 aromatic rings. The van der Waals surface area contributed by atoms with E-state index >= 15 is 0 Å². The zero-order valence-electron chi connectivity index (χ0n) is 17.9. The Morgan fingerprint density at radius 3 is 2.44 bits per heavy atom. The van der Waals surface area contributed by atoms with Crippen LogP contribution in [0, 0.1) is 17.7 Å². The van der Waals surface area contributed by atoms with Crippen LogP contribution >= 0.6 is 0 Å². The van der Waals surface area contributed by atoms with Gasteiger partial charge in [0.25, 0.3) is 0 Å². The van der Waals surface area contributed by atoms with Crippen LogP contribution in [0.25, 0.3) is 5.70 Å². The molecule has 0 spiro atoms. The van der Waals surface area contributed by atoms with Crippen molar-refractivity contribution in [1.82, 2.24) is 0 Å². The number of aliphatic hydroxyl groups excluding tert-OH is 1. The first kappa shape index (κ1) is 23.9. The van der Waals surface area contributed by atoms with Gasteiger partial charge in [0, 0.05) is 30.2 Å². The van der Waals surface area contributed by atoms with Gasteiger partial charge in [-0.2, -0.15) is 0 Å². The molecule has 32 heavy (non-hydrogen) atoms. The highest BCUT2D eigenvalue weighted by Gasteiger charge is 2.48. The second-order valence-electron chi connectivity index (χ2n) is 8.23. The van der Waals surface area contributed by atoms with Gasteiger partial charge in [0.05, 0.1) is 16.5 Å². The minimum absolute atomic E-state index is 0.144. The molecule has 0 saturated heterocycles. The number of rotatable bonds is 8. The molecule has 1 heterocycles. The quantitative estimate of drug-likeness (QED) is 0.552. The number of hydrogen-bond acceptors (Lipinski definition) is 6. The normalized spacial score (nSPS) is 22.0. The Hall–Kier alpha value is -2.75. The molecule has 0 bridgehead atoms. The molecular weight excluding hydrogens is 435 g/mol. The summed E-state index contributed by atoms with van der Waals surface area (Å²) in [5.74, 6) is -3.03. The number of hydrogen-bond donors (Lipinski definition) is 3. The van der Waals surface area contributed by atoms with Crippen molar-refractivity contribution in [2.75, 3.05) is 17.8 Å². The van der Waals surface area contributed by atoms with E-state index in [1.54, 1.807) is 42.2 Å². The molecule has 1 aliphatic heterocycles. The molecule has 3 atom stereocenters. The Labute approximate surface area is 186 Å². The van der Waals surface area contributed by atoms with E-state index in [0.717, 1.165) is 6.26 Å². The molecule has 3 rings (SSSR count). The molecule has 0 saturated carbocycles. The number of sulfone groups is 1. The Morgan fingerprint density at radius 2 is 1.91 bits per heavy atom. The summed E-state index contributed by atoms with van der Waals surface area (Å²) >= 11 is 0. The highest BCUT2D eigenvalue weighted by atomic mass is 32.2. The van der Waals surface area contributed by atoms with Crippen LogP contribution in [0.4, 0.5) is 10.1 Å². The monoisotopic (exact) mass is 462 g/mol. The molecule has 0 amide bonds. The molecule has 1 aliphatic rings. The van der Waals surface area contributed by atoms with E-state index in [1.807, 2.05) is 0 Å². The molecule has 0 aliphatic carbocycles. The van der Waals surface area contributed by atoms with Gasteiger partial charge in [-0.1, -0.05) is 24.3 Å². The summed E-state index contributed by atoms with van der Waals surface area (Å²) in [4.78, 5) is 13.9. The molecule has 4 N–H and O–H groups in total. The lowest BCUT2D eigenvalue weighted by atomic mass is 9.81. The number of halogens is 1. The number of anilines is 1. The van der Waals surface area contributed by atoms with Gasteiger partial charge in [0.2, 0.25) is 0 Å². The third kappa shape index (κ3) is 4.69. The maximum atomic E-state index is 14.1. The van der Waals surface area contributed by atoms with Crippen molar-refractivity contribution in [2.45, 2.75) is 30.3 Å². The lowest BCUT2D eigenvalue weighted by Crippen LogP contribution is -2.56. The van der Waals surface area contributed by atoms with Crippen LogP contribution in [-0.4, -0.2) is 43.1 Å². The van der Waals surface area contributed by atoms with E-state index in [1.165, 1.54) is 24.3 Å². The van der Waals surface area contributed by atoms with Crippen molar-refractivity contribution in [1.29, 1.82) is 0 Å².